The van der Waals surface area contributed by atoms with Crippen molar-refractivity contribution in [2.45, 2.75) is 13.0 Å². The maximum Gasteiger partial charge on any atom is 0.269 e. The van der Waals surface area contributed by atoms with Gasteiger partial charge >= 0.3 is 0 Å². The van der Waals surface area contributed by atoms with Crippen LogP contribution in [0.5, 0.6) is 17.2 Å². The SMILES string of the molecule is O=C(Cc1ccc2c(c1)OCO2)N/N=C\c1cccc(OCc2ccc([N+](=O)[O-])cc2)c1. The molecule has 0 unspecified atom stereocenters. The number of hydrazone groups is 1. The summed E-state index contributed by atoms with van der Waals surface area (Å²) in [5.41, 5.74) is 4.89. The van der Waals surface area contributed by atoms with Crippen LogP contribution >= 0.6 is 0 Å². The first kappa shape index (κ1) is 20.9. The predicted molar refractivity (Wildman–Crippen MR) is 116 cm³/mol. The summed E-state index contributed by atoms with van der Waals surface area (Å²) < 4.78 is 16.3. The van der Waals surface area contributed by atoms with Crippen LogP contribution in [0.3, 0.4) is 0 Å². The van der Waals surface area contributed by atoms with Crippen LogP contribution < -0.4 is 19.6 Å². The van der Waals surface area contributed by atoms with E-state index in [9.17, 15) is 14.9 Å². The van der Waals surface area contributed by atoms with Gasteiger partial charge in [0, 0.05) is 12.1 Å². The van der Waals surface area contributed by atoms with Gasteiger partial charge < -0.3 is 14.2 Å². The summed E-state index contributed by atoms with van der Waals surface area (Å²) in [4.78, 5) is 22.4. The number of ether oxygens (including phenoxy) is 3. The van der Waals surface area contributed by atoms with Crippen molar-refractivity contribution in [3.63, 3.8) is 0 Å². The third kappa shape index (κ3) is 5.39. The molecule has 0 aromatic heterocycles. The van der Waals surface area contributed by atoms with E-state index in [0.717, 1.165) is 16.7 Å². The molecule has 3 aromatic carbocycles. The lowest BCUT2D eigenvalue weighted by atomic mass is 10.1. The molecule has 0 fully saturated rings. The van der Waals surface area contributed by atoms with Crippen molar-refractivity contribution in [3.05, 3.63) is 93.5 Å². The number of fused-ring (bicyclic) bond motifs is 1. The van der Waals surface area contributed by atoms with Gasteiger partial charge in [0.25, 0.3) is 5.69 Å². The molecular formula is C23H19N3O6. The molecule has 1 amide bonds. The lowest BCUT2D eigenvalue weighted by Gasteiger charge is -2.07. The van der Waals surface area contributed by atoms with Gasteiger partial charge in [0.05, 0.1) is 17.6 Å². The first-order chi connectivity index (χ1) is 15.6. The normalized spacial score (nSPS) is 12.0. The number of nitro groups is 1. The summed E-state index contributed by atoms with van der Waals surface area (Å²) in [5.74, 6) is 1.65. The Morgan fingerprint density at radius 3 is 2.66 bits per heavy atom. The summed E-state index contributed by atoms with van der Waals surface area (Å²) in [6.45, 7) is 0.455. The highest BCUT2D eigenvalue weighted by molar-refractivity contribution is 5.83. The minimum atomic E-state index is -0.443. The van der Waals surface area contributed by atoms with Gasteiger partial charge in [0.2, 0.25) is 12.7 Å². The highest BCUT2D eigenvalue weighted by atomic mass is 16.7. The zero-order valence-corrected chi connectivity index (χ0v) is 16.9. The van der Waals surface area contributed by atoms with Gasteiger partial charge in [-0.25, -0.2) is 5.43 Å². The maximum atomic E-state index is 12.1. The molecule has 0 spiro atoms. The van der Waals surface area contributed by atoms with Gasteiger partial charge in [-0.1, -0.05) is 18.2 Å². The van der Waals surface area contributed by atoms with Gasteiger partial charge in [0.15, 0.2) is 11.5 Å². The van der Waals surface area contributed by atoms with Crippen LogP contribution in [0.25, 0.3) is 0 Å². The Hall–Kier alpha value is -4.40. The fraction of sp³-hybridized carbons (Fsp3) is 0.130. The average Bonchev–Trinajstić information content (AvgIpc) is 3.26. The molecule has 0 bridgehead atoms. The van der Waals surface area contributed by atoms with E-state index in [-0.39, 0.29) is 31.4 Å². The summed E-state index contributed by atoms with van der Waals surface area (Å²) in [5, 5.41) is 14.7. The molecule has 1 aliphatic rings. The molecule has 9 nitrogen and oxygen atoms in total. The number of carbonyl (C=O) groups is 1. The van der Waals surface area contributed by atoms with Crippen LogP contribution in [-0.2, 0) is 17.8 Å². The standard InChI is InChI=1S/C23H19N3O6/c27-23(12-17-6-9-21-22(11-17)32-15-31-21)25-24-13-18-2-1-3-20(10-18)30-14-16-4-7-19(8-5-16)26(28)29/h1-11,13H,12,14-15H2,(H,25,27)/b24-13-. The largest absolute Gasteiger partial charge is 0.489 e. The second-order valence-corrected chi connectivity index (χ2v) is 6.94. The number of amides is 1. The molecule has 9 heteroatoms. The Labute approximate surface area is 183 Å². The zero-order valence-electron chi connectivity index (χ0n) is 16.9. The Morgan fingerprint density at radius 2 is 1.84 bits per heavy atom. The highest BCUT2D eigenvalue weighted by Gasteiger charge is 2.14. The van der Waals surface area contributed by atoms with E-state index in [1.54, 1.807) is 42.5 Å². The first-order valence-electron chi connectivity index (χ1n) is 9.73. The molecular weight excluding hydrogens is 414 g/mol. The predicted octanol–water partition coefficient (Wildman–Crippen LogP) is 3.60. The molecule has 162 valence electrons. The lowest BCUT2D eigenvalue weighted by molar-refractivity contribution is -0.384. The molecule has 0 radical (unpaired) electrons. The molecule has 1 heterocycles. The Morgan fingerprint density at radius 1 is 1.06 bits per heavy atom. The van der Waals surface area contributed by atoms with Crippen LogP contribution in [0.15, 0.2) is 71.8 Å². The monoisotopic (exact) mass is 433 g/mol. The third-order valence-corrected chi connectivity index (χ3v) is 4.62. The van der Waals surface area contributed by atoms with Crippen molar-refractivity contribution in [3.8, 4) is 17.2 Å². The van der Waals surface area contributed by atoms with Gasteiger partial charge in [0.1, 0.15) is 12.4 Å². The van der Waals surface area contributed by atoms with Crippen molar-refractivity contribution < 1.29 is 23.9 Å². The fourth-order valence-electron chi connectivity index (χ4n) is 3.02. The minimum Gasteiger partial charge on any atom is -0.489 e. The molecule has 3 aromatic rings. The number of nitrogens with one attached hydrogen (secondary N) is 1. The van der Waals surface area contributed by atoms with E-state index in [1.807, 2.05) is 12.1 Å². The summed E-state index contributed by atoms with van der Waals surface area (Å²) in [6, 6.07) is 18.7. The molecule has 0 aliphatic carbocycles. The minimum absolute atomic E-state index is 0.0347. The van der Waals surface area contributed by atoms with Gasteiger partial charge in [-0.05, 0) is 53.1 Å². The topological polar surface area (TPSA) is 112 Å². The number of benzene rings is 3. The molecule has 4 rings (SSSR count). The summed E-state index contributed by atoms with van der Waals surface area (Å²) in [6.07, 6.45) is 1.68. The van der Waals surface area contributed by atoms with Crippen molar-refractivity contribution in [2.24, 2.45) is 5.10 Å². The smallest absolute Gasteiger partial charge is 0.269 e. The third-order valence-electron chi connectivity index (χ3n) is 4.62. The number of hydrogen-bond donors (Lipinski definition) is 1. The fourth-order valence-corrected chi connectivity index (χ4v) is 3.02. The van der Waals surface area contributed by atoms with E-state index in [4.69, 9.17) is 14.2 Å². The number of hydrogen-bond acceptors (Lipinski definition) is 7. The lowest BCUT2D eigenvalue weighted by Crippen LogP contribution is -2.19. The second kappa shape index (κ2) is 9.61. The molecule has 0 atom stereocenters. The number of carbonyl (C=O) groups excluding carboxylic acids is 1. The Bertz CT molecular complexity index is 1160. The second-order valence-electron chi connectivity index (χ2n) is 6.94. The molecule has 1 aliphatic heterocycles. The Kier molecular flexibility index (Phi) is 6.26. The summed E-state index contributed by atoms with van der Waals surface area (Å²) in [7, 11) is 0. The van der Waals surface area contributed by atoms with Crippen LogP contribution in [-0.4, -0.2) is 23.8 Å². The quantitative estimate of drug-likeness (QED) is 0.330. The molecule has 0 saturated heterocycles. The molecule has 32 heavy (non-hydrogen) atoms. The number of non-ortho nitro benzene ring substituents is 1. The first-order valence-corrected chi connectivity index (χ1v) is 9.73. The number of rotatable bonds is 8. The highest BCUT2D eigenvalue weighted by Crippen LogP contribution is 2.32. The number of nitro benzene ring substituents is 1. The van der Waals surface area contributed by atoms with Gasteiger partial charge in [-0.15, -0.1) is 0 Å². The zero-order chi connectivity index (χ0) is 22.3. The average molecular weight is 433 g/mol. The van der Waals surface area contributed by atoms with Crippen LogP contribution in [0.2, 0.25) is 0 Å². The van der Waals surface area contributed by atoms with Crippen molar-refractivity contribution in [2.75, 3.05) is 6.79 Å². The van der Waals surface area contributed by atoms with Crippen molar-refractivity contribution >= 4 is 17.8 Å². The van der Waals surface area contributed by atoms with Crippen LogP contribution in [0, 0.1) is 10.1 Å². The molecule has 1 N–H and O–H groups in total. The van der Waals surface area contributed by atoms with E-state index in [1.165, 1.54) is 18.3 Å². The van der Waals surface area contributed by atoms with Gasteiger partial charge in [-0.2, -0.15) is 5.10 Å². The maximum absolute atomic E-state index is 12.1. The van der Waals surface area contributed by atoms with E-state index >= 15 is 0 Å². The van der Waals surface area contributed by atoms with Crippen molar-refractivity contribution in [1.29, 1.82) is 0 Å². The summed E-state index contributed by atoms with van der Waals surface area (Å²) >= 11 is 0. The van der Waals surface area contributed by atoms with E-state index in [0.29, 0.717) is 17.2 Å². The number of nitrogens with zero attached hydrogens (tertiary/aromatic N) is 2. The van der Waals surface area contributed by atoms with Crippen molar-refractivity contribution in [1.82, 2.24) is 5.43 Å². The van der Waals surface area contributed by atoms with E-state index < -0.39 is 4.92 Å². The molecule has 0 saturated carbocycles. The van der Waals surface area contributed by atoms with Crippen LogP contribution in [0.1, 0.15) is 16.7 Å². The van der Waals surface area contributed by atoms with Crippen LogP contribution in [0.4, 0.5) is 5.69 Å². The Balaban J connectivity index is 1.28. The van der Waals surface area contributed by atoms with Gasteiger partial charge in [-0.3, -0.25) is 14.9 Å². The van der Waals surface area contributed by atoms with E-state index in [2.05, 4.69) is 10.5 Å².